The Balaban J connectivity index is 2.20. The summed E-state index contributed by atoms with van der Waals surface area (Å²) in [5, 5.41) is 3.57. The third-order valence-electron chi connectivity index (χ3n) is 3.83. The molecular weight excluding hydrogens is 226 g/mol. The van der Waals surface area contributed by atoms with E-state index in [4.69, 9.17) is 5.84 Å². The molecule has 100 valence electrons. The molecule has 4 N–H and O–H groups in total. The fourth-order valence-corrected chi connectivity index (χ4v) is 2.62. The van der Waals surface area contributed by atoms with Crippen LogP contribution < -0.4 is 16.6 Å². The van der Waals surface area contributed by atoms with E-state index in [1.165, 1.54) is 25.7 Å². The molecule has 1 aromatic rings. The maximum absolute atomic E-state index is 5.48. The quantitative estimate of drug-likeness (QED) is 0.566. The van der Waals surface area contributed by atoms with Crippen LogP contribution in [0.4, 0.5) is 11.6 Å². The molecule has 18 heavy (non-hydrogen) atoms. The molecule has 0 radical (unpaired) electrons. The van der Waals surface area contributed by atoms with Gasteiger partial charge in [0.1, 0.15) is 17.5 Å². The summed E-state index contributed by atoms with van der Waals surface area (Å²) < 4.78 is 0. The van der Waals surface area contributed by atoms with Gasteiger partial charge in [0, 0.05) is 11.6 Å². The van der Waals surface area contributed by atoms with Crippen LogP contribution in [0.25, 0.3) is 0 Å². The van der Waals surface area contributed by atoms with Crippen LogP contribution in [0.2, 0.25) is 0 Å². The van der Waals surface area contributed by atoms with Crippen LogP contribution in [-0.4, -0.2) is 16.0 Å². The van der Waals surface area contributed by atoms with Gasteiger partial charge in [0.25, 0.3) is 0 Å². The summed E-state index contributed by atoms with van der Waals surface area (Å²) in [6.45, 7) is 6.18. The van der Waals surface area contributed by atoms with E-state index in [2.05, 4.69) is 27.6 Å². The first-order valence-corrected chi connectivity index (χ1v) is 6.70. The fourth-order valence-electron chi connectivity index (χ4n) is 2.62. The summed E-state index contributed by atoms with van der Waals surface area (Å²) in [7, 11) is 0. The van der Waals surface area contributed by atoms with E-state index < -0.39 is 0 Å². The van der Waals surface area contributed by atoms with Crippen molar-refractivity contribution in [1.29, 1.82) is 0 Å². The zero-order valence-electron chi connectivity index (χ0n) is 11.5. The standard InChI is InChI=1S/C13H23N5/c1-8-6-4-5-7-11(8)17-12-9(2)13(18-14)16-10(3)15-12/h8,11H,4-7,14H2,1-3H3,(H2,15,16,17,18). The molecule has 1 saturated carbocycles. The Hall–Kier alpha value is -1.36. The number of hydrogen-bond donors (Lipinski definition) is 3. The van der Waals surface area contributed by atoms with Gasteiger partial charge in [-0.3, -0.25) is 0 Å². The number of hydrogen-bond acceptors (Lipinski definition) is 5. The number of anilines is 2. The summed E-state index contributed by atoms with van der Waals surface area (Å²) >= 11 is 0. The van der Waals surface area contributed by atoms with E-state index in [1.807, 2.05) is 13.8 Å². The molecule has 0 spiro atoms. The number of nitrogen functional groups attached to an aromatic ring is 1. The van der Waals surface area contributed by atoms with Crippen molar-refractivity contribution in [1.82, 2.24) is 9.97 Å². The van der Waals surface area contributed by atoms with Gasteiger partial charge in [0.15, 0.2) is 0 Å². The SMILES string of the molecule is Cc1nc(NN)c(C)c(NC2CCCCC2C)n1. The molecule has 2 unspecified atom stereocenters. The van der Waals surface area contributed by atoms with Crippen molar-refractivity contribution < 1.29 is 0 Å². The number of nitrogens with zero attached hydrogens (tertiary/aromatic N) is 2. The van der Waals surface area contributed by atoms with E-state index >= 15 is 0 Å². The van der Waals surface area contributed by atoms with Crippen molar-refractivity contribution in [2.24, 2.45) is 11.8 Å². The van der Waals surface area contributed by atoms with Crippen LogP contribution in [0, 0.1) is 19.8 Å². The lowest BCUT2D eigenvalue weighted by atomic mass is 9.86. The molecule has 2 atom stereocenters. The second kappa shape index (κ2) is 5.52. The van der Waals surface area contributed by atoms with Gasteiger partial charge in [0.2, 0.25) is 0 Å². The largest absolute Gasteiger partial charge is 0.367 e. The van der Waals surface area contributed by atoms with Gasteiger partial charge in [-0.2, -0.15) is 0 Å². The molecule has 1 fully saturated rings. The Labute approximate surface area is 109 Å². The molecule has 5 heteroatoms. The lowest BCUT2D eigenvalue weighted by Crippen LogP contribution is -2.31. The summed E-state index contributed by atoms with van der Waals surface area (Å²) in [6.07, 6.45) is 5.15. The van der Waals surface area contributed by atoms with Gasteiger partial charge >= 0.3 is 0 Å². The highest BCUT2D eigenvalue weighted by Crippen LogP contribution is 2.28. The van der Waals surface area contributed by atoms with Crippen LogP contribution in [0.1, 0.15) is 44.0 Å². The predicted molar refractivity (Wildman–Crippen MR) is 74.4 cm³/mol. The molecule has 0 aromatic carbocycles. The van der Waals surface area contributed by atoms with Gasteiger partial charge in [-0.05, 0) is 32.6 Å². The zero-order chi connectivity index (χ0) is 13.1. The van der Waals surface area contributed by atoms with Crippen molar-refractivity contribution in [2.45, 2.75) is 52.5 Å². The fraction of sp³-hybridized carbons (Fsp3) is 0.692. The van der Waals surface area contributed by atoms with Crippen molar-refractivity contribution in [3.8, 4) is 0 Å². The molecule has 0 bridgehead atoms. The van der Waals surface area contributed by atoms with Crippen molar-refractivity contribution in [3.05, 3.63) is 11.4 Å². The van der Waals surface area contributed by atoms with Crippen LogP contribution >= 0.6 is 0 Å². The minimum atomic E-state index is 0.511. The zero-order valence-corrected chi connectivity index (χ0v) is 11.5. The van der Waals surface area contributed by atoms with Crippen LogP contribution in [-0.2, 0) is 0 Å². The van der Waals surface area contributed by atoms with Gasteiger partial charge in [-0.25, -0.2) is 15.8 Å². The Morgan fingerprint density at radius 3 is 2.44 bits per heavy atom. The maximum atomic E-state index is 5.48. The second-order valence-electron chi connectivity index (χ2n) is 5.25. The first kappa shape index (κ1) is 13.1. The number of aryl methyl sites for hydroxylation is 1. The number of rotatable bonds is 3. The summed E-state index contributed by atoms with van der Waals surface area (Å²) in [6, 6.07) is 0.511. The van der Waals surface area contributed by atoms with E-state index in [9.17, 15) is 0 Å². The first-order valence-electron chi connectivity index (χ1n) is 6.70. The average Bonchev–Trinajstić information content (AvgIpc) is 2.36. The molecular formula is C13H23N5. The van der Waals surface area contributed by atoms with Gasteiger partial charge in [0.05, 0.1) is 0 Å². The Bertz CT molecular complexity index is 418. The molecule has 0 saturated heterocycles. The molecule has 1 aromatic heterocycles. The maximum Gasteiger partial charge on any atom is 0.148 e. The monoisotopic (exact) mass is 249 g/mol. The van der Waals surface area contributed by atoms with Crippen LogP contribution in [0.15, 0.2) is 0 Å². The molecule has 2 rings (SSSR count). The summed E-state index contributed by atoms with van der Waals surface area (Å²) in [5.41, 5.74) is 3.62. The normalized spacial score (nSPS) is 23.8. The minimum Gasteiger partial charge on any atom is -0.367 e. The predicted octanol–water partition coefficient (Wildman–Crippen LogP) is 2.37. The van der Waals surface area contributed by atoms with Crippen molar-refractivity contribution >= 4 is 11.6 Å². The molecule has 5 nitrogen and oxygen atoms in total. The molecule has 0 amide bonds. The molecule has 0 aliphatic heterocycles. The number of nitrogens with two attached hydrogens (primary N) is 1. The van der Waals surface area contributed by atoms with Gasteiger partial charge in [-0.15, -0.1) is 0 Å². The van der Waals surface area contributed by atoms with Crippen LogP contribution in [0.5, 0.6) is 0 Å². The summed E-state index contributed by atoms with van der Waals surface area (Å²) in [5.74, 6) is 8.53. The highest BCUT2D eigenvalue weighted by atomic mass is 15.3. The van der Waals surface area contributed by atoms with E-state index in [-0.39, 0.29) is 0 Å². The highest BCUT2D eigenvalue weighted by Gasteiger charge is 2.22. The second-order valence-corrected chi connectivity index (χ2v) is 5.25. The smallest absolute Gasteiger partial charge is 0.148 e. The lowest BCUT2D eigenvalue weighted by molar-refractivity contribution is 0.349. The van der Waals surface area contributed by atoms with E-state index in [1.54, 1.807) is 0 Å². The third-order valence-corrected chi connectivity index (χ3v) is 3.83. The Kier molecular flexibility index (Phi) is 4.01. The molecule has 1 aliphatic carbocycles. The van der Waals surface area contributed by atoms with Gasteiger partial charge < -0.3 is 10.7 Å². The van der Waals surface area contributed by atoms with E-state index in [0.29, 0.717) is 17.8 Å². The molecule has 1 heterocycles. The Morgan fingerprint density at radius 1 is 1.11 bits per heavy atom. The lowest BCUT2D eigenvalue weighted by Gasteiger charge is -2.30. The van der Waals surface area contributed by atoms with E-state index in [0.717, 1.165) is 17.2 Å². The Morgan fingerprint density at radius 2 is 1.78 bits per heavy atom. The highest BCUT2D eigenvalue weighted by molar-refractivity contribution is 5.57. The van der Waals surface area contributed by atoms with Gasteiger partial charge in [-0.1, -0.05) is 19.8 Å². The average molecular weight is 249 g/mol. The number of aromatic nitrogens is 2. The van der Waals surface area contributed by atoms with Crippen LogP contribution in [0.3, 0.4) is 0 Å². The number of hydrazine groups is 1. The summed E-state index contributed by atoms with van der Waals surface area (Å²) in [4.78, 5) is 8.77. The van der Waals surface area contributed by atoms with Crippen molar-refractivity contribution in [3.63, 3.8) is 0 Å². The molecule has 1 aliphatic rings. The number of nitrogens with one attached hydrogen (secondary N) is 2. The third kappa shape index (κ3) is 2.72. The van der Waals surface area contributed by atoms with Crippen molar-refractivity contribution in [2.75, 3.05) is 10.7 Å². The first-order chi connectivity index (χ1) is 8.61. The topological polar surface area (TPSA) is 75.9 Å². The minimum absolute atomic E-state index is 0.511.